The van der Waals surface area contributed by atoms with Crippen molar-refractivity contribution < 1.29 is 9.53 Å². The summed E-state index contributed by atoms with van der Waals surface area (Å²) in [6.45, 7) is 4.64. The van der Waals surface area contributed by atoms with Gasteiger partial charge in [-0.15, -0.1) is 0 Å². The molecule has 0 bridgehead atoms. The van der Waals surface area contributed by atoms with E-state index in [1.165, 1.54) is 37.7 Å². The van der Waals surface area contributed by atoms with Crippen LogP contribution in [0.15, 0.2) is 35.5 Å². The largest absolute Gasteiger partial charge is 0.466 e. The number of hydrogen-bond acceptors (Lipinski definition) is 4. The number of benzene rings is 1. The topological polar surface area (TPSA) is 41.6 Å². The Balaban J connectivity index is 1.72. The SMILES string of the molecule is CCC1CC2CC(C(=O)OC)=C3Nc4ccccc4C34CCN(C1)C24. The predicted octanol–water partition coefficient (Wildman–Crippen LogP) is 3.30. The summed E-state index contributed by atoms with van der Waals surface area (Å²) < 4.78 is 5.18. The van der Waals surface area contributed by atoms with Crippen molar-refractivity contribution in [3.05, 3.63) is 41.1 Å². The van der Waals surface area contributed by atoms with Crippen molar-refractivity contribution in [2.75, 3.05) is 25.5 Å². The number of para-hydroxylation sites is 1. The number of piperidine rings is 1. The molecule has 1 spiro atoms. The van der Waals surface area contributed by atoms with Gasteiger partial charge in [0.05, 0.1) is 18.1 Å². The summed E-state index contributed by atoms with van der Waals surface area (Å²) >= 11 is 0. The van der Waals surface area contributed by atoms with Crippen LogP contribution in [0.3, 0.4) is 0 Å². The molecule has 25 heavy (non-hydrogen) atoms. The summed E-state index contributed by atoms with van der Waals surface area (Å²) in [6, 6.07) is 9.16. The summed E-state index contributed by atoms with van der Waals surface area (Å²) in [5.41, 5.74) is 4.55. The van der Waals surface area contributed by atoms with Crippen LogP contribution in [0.1, 0.15) is 38.2 Å². The molecular weight excluding hydrogens is 312 g/mol. The minimum absolute atomic E-state index is 0.0399. The first-order chi connectivity index (χ1) is 12.2. The summed E-state index contributed by atoms with van der Waals surface area (Å²) in [7, 11) is 1.51. The lowest BCUT2D eigenvalue weighted by atomic mass is 9.60. The lowest BCUT2D eigenvalue weighted by Crippen LogP contribution is -2.55. The van der Waals surface area contributed by atoms with Gasteiger partial charge in [-0.3, -0.25) is 4.90 Å². The van der Waals surface area contributed by atoms with Crippen LogP contribution in [0.5, 0.6) is 0 Å². The molecule has 3 heterocycles. The number of nitrogens with one attached hydrogen (secondary N) is 1. The van der Waals surface area contributed by atoms with E-state index in [-0.39, 0.29) is 11.4 Å². The number of fused-ring (bicyclic) bond motifs is 1. The molecule has 4 aliphatic rings. The van der Waals surface area contributed by atoms with Gasteiger partial charge in [0.15, 0.2) is 0 Å². The molecule has 132 valence electrons. The first kappa shape index (κ1) is 15.4. The molecule has 0 amide bonds. The number of nitrogens with zero attached hydrogens (tertiary/aromatic N) is 1. The van der Waals surface area contributed by atoms with Gasteiger partial charge in [0, 0.05) is 24.0 Å². The zero-order valence-electron chi connectivity index (χ0n) is 15.0. The van der Waals surface area contributed by atoms with Crippen molar-refractivity contribution >= 4 is 11.7 Å². The third-order valence-electron chi connectivity index (χ3n) is 7.16. The van der Waals surface area contributed by atoms with Crippen LogP contribution in [0, 0.1) is 11.8 Å². The molecule has 2 fully saturated rings. The van der Waals surface area contributed by atoms with Gasteiger partial charge in [-0.05, 0) is 49.3 Å². The molecule has 2 saturated heterocycles. The second-order valence-electron chi connectivity index (χ2n) is 8.15. The molecular formula is C21H26N2O2. The first-order valence-corrected chi connectivity index (χ1v) is 9.61. The third kappa shape index (κ3) is 1.89. The van der Waals surface area contributed by atoms with Gasteiger partial charge in [-0.1, -0.05) is 31.5 Å². The van der Waals surface area contributed by atoms with E-state index in [0.29, 0.717) is 12.0 Å². The molecule has 5 rings (SSSR count). The smallest absolute Gasteiger partial charge is 0.335 e. The highest BCUT2D eigenvalue weighted by Crippen LogP contribution is 2.61. The van der Waals surface area contributed by atoms with Crippen molar-refractivity contribution in [2.45, 2.75) is 44.1 Å². The second-order valence-corrected chi connectivity index (χ2v) is 8.15. The van der Waals surface area contributed by atoms with E-state index in [1.54, 1.807) is 0 Å². The summed E-state index contributed by atoms with van der Waals surface area (Å²) in [6.07, 6.45) is 4.41. The molecule has 1 N–H and O–H groups in total. The number of rotatable bonds is 2. The normalized spacial score (nSPS) is 35.7. The van der Waals surface area contributed by atoms with Crippen molar-refractivity contribution in [2.24, 2.45) is 11.8 Å². The lowest BCUT2D eigenvalue weighted by Gasteiger charge is -2.50. The number of carbonyl (C=O) groups is 1. The molecule has 4 atom stereocenters. The van der Waals surface area contributed by atoms with E-state index in [4.69, 9.17) is 4.74 Å². The van der Waals surface area contributed by atoms with Gasteiger partial charge >= 0.3 is 5.97 Å². The Kier molecular flexibility index (Phi) is 3.30. The maximum Gasteiger partial charge on any atom is 0.335 e. The van der Waals surface area contributed by atoms with Crippen LogP contribution >= 0.6 is 0 Å². The zero-order valence-corrected chi connectivity index (χ0v) is 15.0. The van der Waals surface area contributed by atoms with Crippen molar-refractivity contribution in [1.82, 2.24) is 4.90 Å². The number of methoxy groups -OCH3 is 1. The maximum absolute atomic E-state index is 12.6. The Labute approximate surface area is 149 Å². The van der Waals surface area contributed by atoms with E-state index in [9.17, 15) is 4.79 Å². The molecule has 0 saturated carbocycles. The van der Waals surface area contributed by atoms with Crippen LogP contribution in [-0.2, 0) is 14.9 Å². The fraction of sp³-hybridized carbons (Fsp3) is 0.571. The standard InChI is InChI=1S/C21H26N2O2/c1-3-13-10-14-11-15(20(24)25-2)18-21(8-9-23(12-13)19(14)21)16-6-4-5-7-17(16)22-18/h4-7,13-14,19,22H,3,8-12H2,1-2H3. The van der Waals surface area contributed by atoms with Gasteiger partial charge in [-0.25, -0.2) is 4.79 Å². The number of ether oxygens (including phenoxy) is 1. The van der Waals surface area contributed by atoms with E-state index in [1.807, 2.05) is 0 Å². The Morgan fingerprint density at radius 3 is 3.04 bits per heavy atom. The second kappa shape index (κ2) is 5.34. The Morgan fingerprint density at radius 2 is 2.24 bits per heavy atom. The van der Waals surface area contributed by atoms with Gasteiger partial charge in [-0.2, -0.15) is 0 Å². The van der Waals surface area contributed by atoms with Gasteiger partial charge in [0.25, 0.3) is 0 Å². The quantitative estimate of drug-likeness (QED) is 0.840. The van der Waals surface area contributed by atoms with E-state index in [2.05, 4.69) is 41.4 Å². The Morgan fingerprint density at radius 1 is 1.40 bits per heavy atom. The van der Waals surface area contributed by atoms with E-state index in [0.717, 1.165) is 36.6 Å². The number of esters is 1. The molecule has 3 aliphatic heterocycles. The molecule has 1 aliphatic carbocycles. The molecule has 0 aromatic heterocycles. The van der Waals surface area contributed by atoms with Crippen LogP contribution in [0.25, 0.3) is 0 Å². The van der Waals surface area contributed by atoms with Crippen LogP contribution in [0.2, 0.25) is 0 Å². The third-order valence-corrected chi connectivity index (χ3v) is 7.16. The first-order valence-electron chi connectivity index (χ1n) is 9.61. The lowest BCUT2D eigenvalue weighted by molar-refractivity contribution is -0.136. The summed E-state index contributed by atoms with van der Waals surface area (Å²) in [4.78, 5) is 15.3. The average Bonchev–Trinajstić information content (AvgIpc) is 3.20. The maximum atomic E-state index is 12.6. The van der Waals surface area contributed by atoms with Crippen LogP contribution in [-0.4, -0.2) is 37.1 Å². The monoisotopic (exact) mass is 338 g/mol. The van der Waals surface area contributed by atoms with Gasteiger partial charge in [0.1, 0.15) is 0 Å². The predicted molar refractivity (Wildman–Crippen MR) is 97.3 cm³/mol. The fourth-order valence-corrected chi connectivity index (χ4v) is 6.22. The molecule has 4 heteroatoms. The highest BCUT2D eigenvalue weighted by atomic mass is 16.5. The van der Waals surface area contributed by atoms with Crippen LogP contribution < -0.4 is 5.32 Å². The van der Waals surface area contributed by atoms with Crippen molar-refractivity contribution in [1.29, 1.82) is 0 Å². The van der Waals surface area contributed by atoms with E-state index < -0.39 is 0 Å². The summed E-state index contributed by atoms with van der Waals surface area (Å²) in [5.74, 6) is 1.15. The summed E-state index contributed by atoms with van der Waals surface area (Å²) in [5, 5.41) is 3.63. The molecule has 1 aromatic rings. The fourth-order valence-electron chi connectivity index (χ4n) is 6.22. The molecule has 4 unspecified atom stereocenters. The highest BCUT2D eigenvalue weighted by Gasteiger charge is 2.62. The number of anilines is 1. The van der Waals surface area contributed by atoms with Crippen LogP contribution in [0.4, 0.5) is 5.69 Å². The Bertz CT molecular complexity index is 771. The van der Waals surface area contributed by atoms with Gasteiger partial charge < -0.3 is 10.1 Å². The number of carbonyl (C=O) groups excluding carboxylic acids is 1. The minimum atomic E-state index is -0.148. The van der Waals surface area contributed by atoms with Crippen molar-refractivity contribution in [3.63, 3.8) is 0 Å². The minimum Gasteiger partial charge on any atom is -0.466 e. The number of hydrogen-bond donors (Lipinski definition) is 1. The van der Waals surface area contributed by atoms with E-state index >= 15 is 0 Å². The van der Waals surface area contributed by atoms with Crippen molar-refractivity contribution in [3.8, 4) is 0 Å². The molecule has 4 nitrogen and oxygen atoms in total. The molecule has 0 radical (unpaired) electrons. The highest BCUT2D eigenvalue weighted by molar-refractivity contribution is 5.93. The average molecular weight is 338 g/mol. The molecule has 1 aromatic carbocycles. The van der Waals surface area contributed by atoms with Gasteiger partial charge in [0.2, 0.25) is 0 Å². The zero-order chi connectivity index (χ0) is 17.2. The Hall–Kier alpha value is -1.81.